The number of halogens is 1. The molecule has 82 valence electrons. The Labute approximate surface area is 89.3 Å². The SMILES string of the molecule is Fc1ncccc1CN1CCCNCC1. The molecule has 0 bridgehead atoms. The molecule has 3 nitrogen and oxygen atoms in total. The second kappa shape index (κ2) is 5.19. The van der Waals surface area contributed by atoms with E-state index in [4.69, 9.17) is 0 Å². The molecule has 4 heteroatoms. The zero-order chi connectivity index (χ0) is 10.5. The summed E-state index contributed by atoms with van der Waals surface area (Å²) in [5, 5.41) is 3.33. The minimum Gasteiger partial charge on any atom is -0.315 e. The van der Waals surface area contributed by atoms with E-state index in [1.54, 1.807) is 12.1 Å². The van der Waals surface area contributed by atoms with E-state index in [-0.39, 0.29) is 5.95 Å². The fraction of sp³-hybridized carbons (Fsp3) is 0.545. The van der Waals surface area contributed by atoms with Gasteiger partial charge in [-0.3, -0.25) is 4.90 Å². The minimum atomic E-state index is -0.338. The van der Waals surface area contributed by atoms with Crippen LogP contribution in [0.3, 0.4) is 0 Å². The van der Waals surface area contributed by atoms with Gasteiger partial charge in [-0.25, -0.2) is 4.98 Å². The van der Waals surface area contributed by atoms with Crippen molar-refractivity contribution in [2.45, 2.75) is 13.0 Å². The number of nitrogens with one attached hydrogen (secondary N) is 1. The summed E-state index contributed by atoms with van der Waals surface area (Å²) in [7, 11) is 0. The first kappa shape index (κ1) is 10.5. The van der Waals surface area contributed by atoms with E-state index in [0.717, 1.165) is 32.6 Å². The summed E-state index contributed by atoms with van der Waals surface area (Å²) in [6, 6.07) is 3.59. The lowest BCUT2D eigenvalue weighted by molar-refractivity contribution is 0.279. The van der Waals surface area contributed by atoms with E-state index < -0.39 is 0 Å². The molecule has 2 rings (SSSR count). The van der Waals surface area contributed by atoms with Crippen LogP contribution in [-0.2, 0) is 6.54 Å². The standard InChI is InChI=1S/C11H16FN3/c12-11-10(3-1-5-14-11)9-15-7-2-4-13-6-8-15/h1,3,5,13H,2,4,6-9H2. The molecule has 0 atom stereocenters. The van der Waals surface area contributed by atoms with Crippen LogP contribution in [0.2, 0.25) is 0 Å². The second-order valence-corrected chi connectivity index (χ2v) is 3.83. The van der Waals surface area contributed by atoms with Crippen molar-refractivity contribution in [1.82, 2.24) is 15.2 Å². The van der Waals surface area contributed by atoms with E-state index in [9.17, 15) is 4.39 Å². The molecule has 1 aromatic rings. The summed E-state index contributed by atoms with van der Waals surface area (Å²) in [5.41, 5.74) is 0.694. The van der Waals surface area contributed by atoms with Crippen LogP contribution in [-0.4, -0.2) is 36.1 Å². The minimum absolute atomic E-state index is 0.338. The van der Waals surface area contributed by atoms with Gasteiger partial charge >= 0.3 is 0 Å². The zero-order valence-corrected chi connectivity index (χ0v) is 8.75. The number of rotatable bonds is 2. The number of hydrogen-bond acceptors (Lipinski definition) is 3. The molecule has 15 heavy (non-hydrogen) atoms. The molecule has 0 saturated carbocycles. The van der Waals surface area contributed by atoms with Crippen molar-refractivity contribution in [3.63, 3.8) is 0 Å². The molecular formula is C11H16FN3. The van der Waals surface area contributed by atoms with Gasteiger partial charge in [-0.2, -0.15) is 4.39 Å². The van der Waals surface area contributed by atoms with Crippen LogP contribution in [0.15, 0.2) is 18.3 Å². The van der Waals surface area contributed by atoms with Crippen molar-refractivity contribution in [2.75, 3.05) is 26.2 Å². The predicted molar refractivity (Wildman–Crippen MR) is 57.0 cm³/mol. The second-order valence-electron chi connectivity index (χ2n) is 3.83. The van der Waals surface area contributed by atoms with Gasteiger partial charge < -0.3 is 5.32 Å². The highest BCUT2D eigenvalue weighted by Gasteiger charge is 2.11. The lowest BCUT2D eigenvalue weighted by atomic mass is 10.2. The van der Waals surface area contributed by atoms with E-state index >= 15 is 0 Å². The third-order valence-electron chi connectivity index (χ3n) is 2.66. The average molecular weight is 209 g/mol. The van der Waals surface area contributed by atoms with Gasteiger partial charge in [-0.1, -0.05) is 6.07 Å². The van der Waals surface area contributed by atoms with Gasteiger partial charge in [0.25, 0.3) is 0 Å². The number of aromatic nitrogens is 1. The van der Waals surface area contributed by atoms with E-state index in [1.165, 1.54) is 6.20 Å². The van der Waals surface area contributed by atoms with Crippen LogP contribution < -0.4 is 5.32 Å². The van der Waals surface area contributed by atoms with Crippen LogP contribution in [0.4, 0.5) is 4.39 Å². The van der Waals surface area contributed by atoms with Crippen molar-refractivity contribution in [3.8, 4) is 0 Å². The van der Waals surface area contributed by atoms with Gasteiger partial charge in [0.1, 0.15) is 0 Å². The van der Waals surface area contributed by atoms with Gasteiger partial charge in [0.15, 0.2) is 0 Å². The van der Waals surface area contributed by atoms with Crippen molar-refractivity contribution in [3.05, 3.63) is 29.8 Å². The normalized spacial score (nSPS) is 18.7. The predicted octanol–water partition coefficient (Wildman–Crippen LogP) is 1.02. The summed E-state index contributed by atoms with van der Waals surface area (Å²) < 4.78 is 13.3. The highest BCUT2D eigenvalue weighted by Crippen LogP contribution is 2.08. The van der Waals surface area contributed by atoms with Crippen LogP contribution in [0.1, 0.15) is 12.0 Å². The van der Waals surface area contributed by atoms with Gasteiger partial charge in [0.05, 0.1) is 0 Å². The number of pyridine rings is 1. The maximum absolute atomic E-state index is 13.3. The summed E-state index contributed by atoms with van der Waals surface area (Å²) in [4.78, 5) is 5.92. The Morgan fingerprint density at radius 3 is 3.20 bits per heavy atom. The molecule has 0 unspecified atom stereocenters. The first-order valence-corrected chi connectivity index (χ1v) is 5.39. The van der Waals surface area contributed by atoms with Crippen LogP contribution in [0.25, 0.3) is 0 Å². The number of nitrogens with zero attached hydrogens (tertiary/aromatic N) is 2. The summed E-state index contributed by atoms with van der Waals surface area (Å²) >= 11 is 0. The first-order valence-electron chi connectivity index (χ1n) is 5.39. The Kier molecular flexibility index (Phi) is 3.64. The Hall–Kier alpha value is -1.00. The monoisotopic (exact) mass is 209 g/mol. The van der Waals surface area contributed by atoms with Gasteiger partial charge in [0.2, 0.25) is 5.95 Å². The largest absolute Gasteiger partial charge is 0.315 e. The fourth-order valence-electron chi connectivity index (χ4n) is 1.84. The maximum Gasteiger partial charge on any atom is 0.217 e. The van der Waals surface area contributed by atoms with Crippen molar-refractivity contribution in [1.29, 1.82) is 0 Å². The van der Waals surface area contributed by atoms with Gasteiger partial charge in [-0.15, -0.1) is 0 Å². The maximum atomic E-state index is 13.3. The molecule has 0 spiro atoms. The van der Waals surface area contributed by atoms with Gasteiger partial charge in [0, 0.05) is 31.4 Å². The molecule has 0 amide bonds. The molecule has 1 saturated heterocycles. The molecule has 0 radical (unpaired) electrons. The Bertz CT molecular complexity index is 308. The Balaban J connectivity index is 1.98. The lowest BCUT2D eigenvalue weighted by Gasteiger charge is -2.19. The molecular weight excluding hydrogens is 193 g/mol. The molecule has 1 aliphatic heterocycles. The lowest BCUT2D eigenvalue weighted by Crippen LogP contribution is -2.28. The molecule has 1 aromatic heterocycles. The fourth-order valence-corrected chi connectivity index (χ4v) is 1.84. The van der Waals surface area contributed by atoms with E-state index in [1.807, 2.05) is 0 Å². The zero-order valence-electron chi connectivity index (χ0n) is 8.75. The molecule has 2 heterocycles. The summed E-state index contributed by atoms with van der Waals surface area (Å²) in [5.74, 6) is -0.338. The summed E-state index contributed by atoms with van der Waals surface area (Å²) in [6.07, 6.45) is 2.62. The average Bonchev–Trinajstić information content (AvgIpc) is 2.50. The molecule has 0 aromatic carbocycles. The topological polar surface area (TPSA) is 28.2 Å². The molecule has 0 aliphatic carbocycles. The smallest absolute Gasteiger partial charge is 0.217 e. The van der Waals surface area contributed by atoms with Gasteiger partial charge in [-0.05, 0) is 25.6 Å². The van der Waals surface area contributed by atoms with Crippen LogP contribution >= 0.6 is 0 Å². The third kappa shape index (κ3) is 2.97. The first-order chi connectivity index (χ1) is 7.36. The Morgan fingerprint density at radius 1 is 1.40 bits per heavy atom. The Morgan fingerprint density at radius 2 is 2.33 bits per heavy atom. The van der Waals surface area contributed by atoms with Crippen LogP contribution in [0.5, 0.6) is 0 Å². The summed E-state index contributed by atoms with van der Waals surface area (Å²) in [6.45, 7) is 4.73. The number of hydrogen-bond donors (Lipinski definition) is 1. The van der Waals surface area contributed by atoms with Crippen molar-refractivity contribution in [2.24, 2.45) is 0 Å². The molecule has 1 aliphatic rings. The van der Waals surface area contributed by atoms with E-state index in [2.05, 4.69) is 15.2 Å². The third-order valence-corrected chi connectivity index (χ3v) is 2.66. The molecule has 1 N–H and O–H groups in total. The quantitative estimate of drug-likeness (QED) is 0.737. The van der Waals surface area contributed by atoms with E-state index in [0.29, 0.717) is 12.1 Å². The van der Waals surface area contributed by atoms with Crippen LogP contribution in [0, 0.1) is 5.95 Å². The highest BCUT2D eigenvalue weighted by molar-refractivity contribution is 5.10. The van der Waals surface area contributed by atoms with Crippen molar-refractivity contribution >= 4 is 0 Å². The highest BCUT2D eigenvalue weighted by atomic mass is 19.1. The van der Waals surface area contributed by atoms with Crippen molar-refractivity contribution < 1.29 is 4.39 Å². The molecule has 1 fully saturated rings.